The fraction of sp³-hybridized carbons (Fsp3) is 0.120. The number of nitrogens with two attached hydrogens (primary N) is 1. The minimum Gasteiger partial charge on any atom is -0.478 e. The van der Waals surface area contributed by atoms with Gasteiger partial charge in [0.2, 0.25) is 5.91 Å². The van der Waals surface area contributed by atoms with Gasteiger partial charge in [-0.25, -0.2) is 4.79 Å². The molecule has 0 aliphatic carbocycles. The molecule has 0 radical (unpaired) electrons. The van der Waals surface area contributed by atoms with E-state index in [1.165, 1.54) is 24.3 Å². The molecule has 0 unspecified atom stereocenters. The number of carbonyl (C=O) groups is 3. The number of carboxylic acid groups (broad SMARTS) is 1. The largest absolute Gasteiger partial charge is 0.478 e. The number of amidine groups is 1. The van der Waals surface area contributed by atoms with Crippen LogP contribution in [0.3, 0.4) is 0 Å². The van der Waals surface area contributed by atoms with Crippen LogP contribution < -0.4 is 16.4 Å². The summed E-state index contributed by atoms with van der Waals surface area (Å²) >= 11 is 0. The Kier molecular flexibility index (Phi) is 7.54. The molecule has 0 fully saturated rings. The SMILES string of the molecule is N=C(N)c1cccc(C(=O)N[C@H](CCC(=O)Nc2ccc(C(=O)O)cc2)c2ccccc2)c1. The second-order valence-corrected chi connectivity index (χ2v) is 7.40. The zero-order valence-corrected chi connectivity index (χ0v) is 17.7. The normalized spacial score (nSPS) is 11.3. The topological polar surface area (TPSA) is 145 Å². The highest BCUT2D eigenvalue weighted by atomic mass is 16.4. The molecule has 33 heavy (non-hydrogen) atoms. The molecule has 0 saturated heterocycles. The predicted octanol–water partition coefficient (Wildman–Crippen LogP) is 3.56. The molecule has 0 aliphatic rings. The van der Waals surface area contributed by atoms with Gasteiger partial charge in [-0.15, -0.1) is 0 Å². The molecule has 0 aromatic heterocycles. The monoisotopic (exact) mass is 444 g/mol. The molecular formula is C25H24N4O4. The van der Waals surface area contributed by atoms with Gasteiger partial charge in [-0.2, -0.15) is 0 Å². The molecule has 0 heterocycles. The van der Waals surface area contributed by atoms with Gasteiger partial charge in [-0.05, 0) is 48.4 Å². The third-order valence-corrected chi connectivity index (χ3v) is 5.02. The molecule has 8 heteroatoms. The van der Waals surface area contributed by atoms with Crippen LogP contribution >= 0.6 is 0 Å². The van der Waals surface area contributed by atoms with Gasteiger partial charge in [0.15, 0.2) is 0 Å². The number of hydrogen-bond donors (Lipinski definition) is 5. The Bertz CT molecular complexity index is 1160. The van der Waals surface area contributed by atoms with Gasteiger partial charge >= 0.3 is 5.97 Å². The number of nitrogen functional groups attached to an aromatic ring is 1. The lowest BCUT2D eigenvalue weighted by molar-refractivity contribution is -0.116. The number of rotatable bonds is 9. The number of aromatic carboxylic acids is 1. The average molecular weight is 444 g/mol. The van der Waals surface area contributed by atoms with Crippen molar-refractivity contribution in [1.82, 2.24) is 5.32 Å². The van der Waals surface area contributed by atoms with Crippen molar-refractivity contribution >= 4 is 29.3 Å². The first-order valence-corrected chi connectivity index (χ1v) is 10.3. The van der Waals surface area contributed by atoms with Crippen LogP contribution in [0.2, 0.25) is 0 Å². The second-order valence-electron chi connectivity index (χ2n) is 7.40. The summed E-state index contributed by atoms with van der Waals surface area (Å²) in [6, 6.07) is 21.3. The van der Waals surface area contributed by atoms with E-state index in [1.807, 2.05) is 30.3 Å². The summed E-state index contributed by atoms with van der Waals surface area (Å²) in [6.07, 6.45) is 0.481. The fourth-order valence-electron chi connectivity index (χ4n) is 3.27. The van der Waals surface area contributed by atoms with Crippen LogP contribution in [0.1, 0.15) is 50.7 Å². The van der Waals surface area contributed by atoms with E-state index < -0.39 is 12.0 Å². The van der Waals surface area contributed by atoms with Crippen molar-refractivity contribution in [2.24, 2.45) is 5.73 Å². The van der Waals surface area contributed by atoms with E-state index in [1.54, 1.807) is 24.3 Å². The third kappa shape index (κ3) is 6.51. The Morgan fingerprint density at radius 2 is 1.55 bits per heavy atom. The minimum atomic E-state index is -1.04. The van der Waals surface area contributed by atoms with Crippen LogP contribution in [0, 0.1) is 5.41 Å². The Balaban J connectivity index is 1.68. The summed E-state index contributed by atoms with van der Waals surface area (Å²) < 4.78 is 0. The molecule has 0 spiro atoms. The summed E-state index contributed by atoms with van der Waals surface area (Å²) in [7, 11) is 0. The van der Waals surface area contributed by atoms with E-state index in [4.69, 9.17) is 16.2 Å². The number of carboxylic acids is 1. The van der Waals surface area contributed by atoms with Crippen molar-refractivity contribution in [3.8, 4) is 0 Å². The number of hydrogen-bond acceptors (Lipinski definition) is 4. The minimum absolute atomic E-state index is 0.127. The summed E-state index contributed by atoms with van der Waals surface area (Å²) in [4.78, 5) is 36.3. The molecule has 6 N–H and O–H groups in total. The smallest absolute Gasteiger partial charge is 0.335 e. The van der Waals surface area contributed by atoms with Gasteiger partial charge in [0, 0.05) is 23.2 Å². The first-order chi connectivity index (χ1) is 15.8. The van der Waals surface area contributed by atoms with Gasteiger partial charge in [-0.1, -0.05) is 42.5 Å². The number of amides is 2. The maximum absolute atomic E-state index is 12.9. The molecule has 2 amide bonds. The van der Waals surface area contributed by atoms with Gasteiger partial charge in [-0.3, -0.25) is 15.0 Å². The number of carbonyl (C=O) groups excluding carboxylic acids is 2. The second kappa shape index (κ2) is 10.7. The summed E-state index contributed by atoms with van der Waals surface area (Å²) in [6.45, 7) is 0. The Labute approximate surface area is 191 Å². The maximum Gasteiger partial charge on any atom is 0.335 e. The average Bonchev–Trinajstić information content (AvgIpc) is 2.82. The van der Waals surface area contributed by atoms with Crippen molar-refractivity contribution < 1.29 is 19.5 Å². The number of nitrogens with one attached hydrogen (secondary N) is 3. The van der Waals surface area contributed by atoms with E-state index in [-0.39, 0.29) is 29.6 Å². The van der Waals surface area contributed by atoms with Crippen LogP contribution in [0.4, 0.5) is 5.69 Å². The van der Waals surface area contributed by atoms with Gasteiger partial charge in [0.1, 0.15) is 5.84 Å². The molecular weight excluding hydrogens is 420 g/mol. The fourth-order valence-corrected chi connectivity index (χ4v) is 3.27. The zero-order chi connectivity index (χ0) is 23.8. The molecule has 3 aromatic carbocycles. The third-order valence-electron chi connectivity index (χ3n) is 5.02. The maximum atomic E-state index is 12.9. The Morgan fingerprint density at radius 1 is 0.879 bits per heavy atom. The van der Waals surface area contributed by atoms with E-state index in [0.717, 1.165) is 5.56 Å². The van der Waals surface area contributed by atoms with Crippen LogP contribution in [-0.4, -0.2) is 28.7 Å². The van der Waals surface area contributed by atoms with Crippen LogP contribution in [0.25, 0.3) is 0 Å². The van der Waals surface area contributed by atoms with E-state index in [9.17, 15) is 14.4 Å². The summed E-state index contributed by atoms with van der Waals surface area (Å²) in [5, 5.41) is 22.2. The van der Waals surface area contributed by atoms with Gasteiger partial charge < -0.3 is 21.5 Å². The first-order valence-electron chi connectivity index (χ1n) is 10.3. The predicted molar refractivity (Wildman–Crippen MR) is 125 cm³/mol. The Morgan fingerprint density at radius 3 is 2.18 bits per heavy atom. The Hall–Kier alpha value is -4.46. The zero-order valence-electron chi connectivity index (χ0n) is 17.7. The molecule has 8 nitrogen and oxygen atoms in total. The molecule has 0 bridgehead atoms. The van der Waals surface area contributed by atoms with E-state index >= 15 is 0 Å². The van der Waals surface area contributed by atoms with Gasteiger partial charge in [0.25, 0.3) is 5.91 Å². The standard InChI is InChI=1S/C25H24N4O4/c26-23(27)18-7-4-8-19(15-18)24(31)29-21(16-5-2-1-3-6-16)13-14-22(30)28-20-11-9-17(10-12-20)25(32)33/h1-12,15,21H,13-14H2,(H3,26,27)(H,28,30)(H,29,31)(H,32,33)/t21-/m1/s1. The summed E-state index contributed by atoms with van der Waals surface area (Å²) in [5.41, 5.74) is 7.82. The van der Waals surface area contributed by atoms with Crippen molar-refractivity contribution in [2.75, 3.05) is 5.32 Å². The molecule has 168 valence electrons. The van der Waals surface area contributed by atoms with Crippen LogP contribution in [-0.2, 0) is 4.79 Å². The van der Waals surface area contributed by atoms with E-state index in [2.05, 4.69) is 10.6 Å². The van der Waals surface area contributed by atoms with Crippen molar-refractivity contribution in [1.29, 1.82) is 5.41 Å². The molecule has 3 aromatic rings. The van der Waals surface area contributed by atoms with Crippen molar-refractivity contribution in [2.45, 2.75) is 18.9 Å². The van der Waals surface area contributed by atoms with Crippen molar-refractivity contribution in [3.05, 3.63) is 101 Å². The highest BCUT2D eigenvalue weighted by Gasteiger charge is 2.18. The molecule has 0 aliphatic heterocycles. The quantitative estimate of drug-likeness (QED) is 0.253. The molecule has 0 saturated carbocycles. The lowest BCUT2D eigenvalue weighted by atomic mass is 10.0. The number of benzene rings is 3. The highest BCUT2D eigenvalue weighted by molar-refractivity contribution is 6.00. The summed E-state index contributed by atoms with van der Waals surface area (Å²) in [5.74, 6) is -1.76. The molecule has 1 atom stereocenters. The van der Waals surface area contributed by atoms with Crippen LogP contribution in [0.15, 0.2) is 78.9 Å². The van der Waals surface area contributed by atoms with E-state index in [0.29, 0.717) is 23.2 Å². The highest BCUT2D eigenvalue weighted by Crippen LogP contribution is 2.20. The molecule has 3 rings (SSSR count). The lowest BCUT2D eigenvalue weighted by Crippen LogP contribution is -2.29. The number of anilines is 1. The van der Waals surface area contributed by atoms with Crippen molar-refractivity contribution in [3.63, 3.8) is 0 Å². The lowest BCUT2D eigenvalue weighted by Gasteiger charge is -2.19. The van der Waals surface area contributed by atoms with Gasteiger partial charge in [0.05, 0.1) is 11.6 Å². The first kappa shape index (κ1) is 23.2. The van der Waals surface area contributed by atoms with Crippen LogP contribution in [0.5, 0.6) is 0 Å².